The van der Waals surface area contributed by atoms with Crippen molar-refractivity contribution in [2.75, 3.05) is 13.2 Å². The Labute approximate surface area is 63.4 Å². The van der Waals surface area contributed by atoms with Gasteiger partial charge in [0.25, 0.3) is 0 Å². The Morgan fingerprint density at radius 2 is 2.10 bits per heavy atom. The zero-order valence-electron chi connectivity index (χ0n) is 6.68. The minimum Gasteiger partial charge on any atom is -0.373 e. The minimum atomic E-state index is 0.649. The number of rotatable bonds is 6. The van der Waals surface area contributed by atoms with Gasteiger partial charge in [0.05, 0.1) is 13.2 Å². The van der Waals surface area contributed by atoms with Crippen LogP contribution >= 0.6 is 0 Å². The third kappa shape index (κ3) is 7.44. The lowest BCUT2D eigenvalue weighted by Gasteiger charge is -1.92. The van der Waals surface area contributed by atoms with Crippen LogP contribution < -0.4 is 0 Å². The van der Waals surface area contributed by atoms with E-state index in [1.54, 1.807) is 6.08 Å². The van der Waals surface area contributed by atoms with Gasteiger partial charge in [-0.2, -0.15) is 0 Å². The average Bonchev–Trinajstić information content (AvgIpc) is 1.97. The Morgan fingerprint density at radius 3 is 2.70 bits per heavy atom. The van der Waals surface area contributed by atoms with Crippen molar-refractivity contribution in [1.29, 1.82) is 0 Å². The summed E-state index contributed by atoms with van der Waals surface area (Å²) in [4.78, 5) is 0. The van der Waals surface area contributed by atoms with Crippen LogP contribution in [0.2, 0.25) is 0 Å². The maximum atomic E-state index is 5.12. The van der Waals surface area contributed by atoms with Crippen LogP contribution in [0.25, 0.3) is 0 Å². The summed E-state index contributed by atoms with van der Waals surface area (Å²) in [6, 6.07) is 0. The van der Waals surface area contributed by atoms with E-state index in [0.29, 0.717) is 13.2 Å². The van der Waals surface area contributed by atoms with Crippen LogP contribution in [0.5, 0.6) is 0 Å². The van der Waals surface area contributed by atoms with E-state index in [0.717, 1.165) is 6.42 Å². The van der Waals surface area contributed by atoms with Gasteiger partial charge >= 0.3 is 0 Å². The molecule has 0 rings (SSSR count). The Kier molecular flexibility index (Phi) is 7.97. The van der Waals surface area contributed by atoms with E-state index in [4.69, 9.17) is 4.74 Å². The first-order valence-corrected chi connectivity index (χ1v) is 3.75. The molecule has 0 radical (unpaired) electrons. The second-order valence-electron chi connectivity index (χ2n) is 2.09. The van der Waals surface area contributed by atoms with Crippen molar-refractivity contribution in [3.05, 3.63) is 24.8 Å². The van der Waals surface area contributed by atoms with E-state index in [-0.39, 0.29) is 0 Å². The summed E-state index contributed by atoms with van der Waals surface area (Å²) in [7, 11) is 0. The fourth-order valence-electron chi connectivity index (χ4n) is 0.572. The van der Waals surface area contributed by atoms with Gasteiger partial charge in [-0.25, -0.2) is 0 Å². The SMILES string of the molecule is C=CCOC/C=C/CCC. The Bertz CT molecular complexity index is 94.9. The van der Waals surface area contributed by atoms with E-state index in [9.17, 15) is 0 Å². The molecule has 0 unspecified atom stereocenters. The molecule has 1 nitrogen and oxygen atoms in total. The Morgan fingerprint density at radius 1 is 1.30 bits per heavy atom. The molecule has 10 heavy (non-hydrogen) atoms. The second-order valence-corrected chi connectivity index (χ2v) is 2.09. The first-order valence-electron chi connectivity index (χ1n) is 3.75. The summed E-state index contributed by atoms with van der Waals surface area (Å²) in [5.74, 6) is 0. The summed E-state index contributed by atoms with van der Waals surface area (Å²) in [6.07, 6.45) is 8.30. The van der Waals surface area contributed by atoms with E-state index >= 15 is 0 Å². The van der Waals surface area contributed by atoms with Crippen molar-refractivity contribution in [2.24, 2.45) is 0 Å². The molecule has 0 fully saturated rings. The van der Waals surface area contributed by atoms with E-state index in [1.165, 1.54) is 6.42 Å². The highest BCUT2D eigenvalue weighted by atomic mass is 16.5. The molecule has 1 heteroatoms. The molecule has 0 bridgehead atoms. The molecular weight excluding hydrogens is 124 g/mol. The van der Waals surface area contributed by atoms with Crippen molar-refractivity contribution >= 4 is 0 Å². The Hall–Kier alpha value is -0.560. The summed E-state index contributed by atoms with van der Waals surface area (Å²) in [6.45, 7) is 7.07. The lowest BCUT2D eigenvalue weighted by atomic mass is 10.3. The van der Waals surface area contributed by atoms with Crippen LogP contribution in [-0.2, 0) is 4.74 Å². The van der Waals surface area contributed by atoms with Gasteiger partial charge in [-0.3, -0.25) is 0 Å². The number of ether oxygens (including phenoxy) is 1. The summed E-state index contributed by atoms with van der Waals surface area (Å²) in [5, 5.41) is 0. The maximum Gasteiger partial charge on any atom is 0.0651 e. The molecule has 0 spiro atoms. The van der Waals surface area contributed by atoms with Gasteiger partial charge in [-0.05, 0) is 6.42 Å². The highest BCUT2D eigenvalue weighted by Gasteiger charge is 1.76. The van der Waals surface area contributed by atoms with Crippen molar-refractivity contribution in [2.45, 2.75) is 19.8 Å². The normalized spacial score (nSPS) is 10.5. The van der Waals surface area contributed by atoms with Gasteiger partial charge in [-0.1, -0.05) is 31.6 Å². The van der Waals surface area contributed by atoms with Crippen molar-refractivity contribution in [1.82, 2.24) is 0 Å². The van der Waals surface area contributed by atoms with Crippen LogP contribution in [-0.4, -0.2) is 13.2 Å². The van der Waals surface area contributed by atoms with Gasteiger partial charge in [0.1, 0.15) is 0 Å². The monoisotopic (exact) mass is 140 g/mol. The first kappa shape index (κ1) is 9.44. The average molecular weight is 140 g/mol. The van der Waals surface area contributed by atoms with Crippen molar-refractivity contribution in [3.8, 4) is 0 Å². The lowest BCUT2D eigenvalue weighted by molar-refractivity contribution is 0.194. The first-order chi connectivity index (χ1) is 4.91. The highest BCUT2D eigenvalue weighted by molar-refractivity contribution is 4.81. The predicted molar refractivity (Wildman–Crippen MR) is 45.1 cm³/mol. The van der Waals surface area contributed by atoms with Crippen LogP contribution in [0.15, 0.2) is 24.8 Å². The van der Waals surface area contributed by atoms with E-state index in [2.05, 4.69) is 19.6 Å². The molecule has 0 saturated heterocycles. The molecule has 0 aliphatic carbocycles. The number of unbranched alkanes of at least 4 members (excludes halogenated alkanes) is 1. The largest absolute Gasteiger partial charge is 0.373 e. The van der Waals surface area contributed by atoms with Gasteiger partial charge in [0.2, 0.25) is 0 Å². The van der Waals surface area contributed by atoms with Crippen LogP contribution in [0, 0.1) is 0 Å². The zero-order valence-corrected chi connectivity index (χ0v) is 6.68. The van der Waals surface area contributed by atoms with E-state index in [1.807, 2.05) is 6.08 Å². The van der Waals surface area contributed by atoms with Crippen LogP contribution in [0.4, 0.5) is 0 Å². The maximum absolute atomic E-state index is 5.12. The van der Waals surface area contributed by atoms with Crippen molar-refractivity contribution < 1.29 is 4.74 Å². The third-order valence-corrected chi connectivity index (χ3v) is 1.07. The minimum absolute atomic E-state index is 0.649. The third-order valence-electron chi connectivity index (χ3n) is 1.07. The number of allylic oxidation sites excluding steroid dienone is 1. The van der Waals surface area contributed by atoms with Gasteiger partial charge in [-0.15, -0.1) is 6.58 Å². The molecule has 0 aromatic rings. The molecule has 0 heterocycles. The smallest absolute Gasteiger partial charge is 0.0651 e. The zero-order chi connectivity index (χ0) is 7.66. The fraction of sp³-hybridized carbons (Fsp3) is 0.556. The molecule has 58 valence electrons. The molecule has 0 aromatic heterocycles. The quantitative estimate of drug-likeness (QED) is 0.407. The molecular formula is C9H16O. The number of hydrogen-bond acceptors (Lipinski definition) is 1. The topological polar surface area (TPSA) is 9.23 Å². The summed E-state index contributed by atoms with van der Waals surface area (Å²) in [5.41, 5.74) is 0. The van der Waals surface area contributed by atoms with Crippen molar-refractivity contribution in [3.63, 3.8) is 0 Å². The van der Waals surface area contributed by atoms with E-state index < -0.39 is 0 Å². The molecule has 0 amide bonds. The standard InChI is InChI=1S/C9H16O/c1-3-5-6-7-9-10-8-4-2/h4,6-7H,2-3,5,8-9H2,1H3/b7-6+. The highest BCUT2D eigenvalue weighted by Crippen LogP contribution is 1.88. The van der Waals surface area contributed by atoms with Gasteiger partial charge in [0, 0.05) is 0 Å². The molecule has 0 atom stereocenters. The van der Waals surface area contributed by atoms with Gasteiger partial charge < -0.3 is 4.74 Å². The molecule has 0 aliphatic heterocycles. The predicted octanol–water partition coefficient (Wildman–Crippen LogP) is 2.55. The molecule has 0 saturated carbocycles. The second kappa shape index (κ2) is 8.44. The fourth-order valence-corrected chi connectivity index (χ4v) is 0.572. The lowest BCUT2D eigenvalue weighted by Crippen LogP contribution is -1.88. The molecule has 0 N–H and O–H groups in total. The summed E-state index contributed by atoms with van der Waals surface area (Å²) >= 11 is 0. The molecule has 0 aromatic carbocycles. The van der Waals surface area contributed by atoms with Crippen LogP contribution in [0.1, 0.15) is 19.8 Å². The number of hydrogen-bond donors (Lipinski definition) is 0. The summed E-state index contributed by atoms with van der Waals surface area (Å²) < 4.78 is 5.12. The van der Waals surface area contributed by atoms with Crippen LogP contribution in [0.3, 0.4) is 0 Å². The van der Waals surface area contributed by atoms with Gasteiger partial charge in [0.15, 0.2) is 0 Å². The molecule has 0 aliphatic rings. The Balaban J connectivity index is 2.94.